The molecule has 0 bridgehead atoms. The Morgan fingerprint density at radius 3 is 2.69 bits per heavy atom. The topological polar surface area (TPSA) is 67.4 Å². The second-order valence-electron chi connectivity index (χ2n) is 2.95. The molecule has 92 valence electrons. The van der Waals surface area contributed by atoms with E-state index in [1.807, 2.05) is 0 Å². The van der Waals surface area contributed by atoms with E-state index in [-0.39, 0.29) is 24.8 Å². The van der Waals surface area contributed by atoms with Gasteiger partial charge in [0.25, 0.3) is 0 Å². The summed E-state index contributed by atoms with van der Waals surface area (Å²) >= 11 is 4.01. The average molecular weight is 246 g/mol. The molecule has 16 heavy (non-hydrogen) atoms. The third kappa shape index (κ3) is 8.31. The van der Waals surface area contributed by atoms with Gasteiger partial charge < -0.3 is 15.4 Å². The van der Waals surface area contributed by atoms with Crippen LogP contribution in [0.25, 0.3) is 0 Å². The minimum atomic E-state index is -0.314. The summed E-state index contributed by atoms with van der Waals surface area (Å²) in [6.07, 6.45) is 1.98. The van der Waals surface area contributed by atoms with Gasteiger partial charge in [0, 0.05) is 13.0 Å². The molecule has 2 N–H and O–H groups in total. The summed E-state index contributed by atoms with van der Waals surface area (Å²) in [5.41, 5.74) is 0. The first-order chi connectivity index (χ1) is 7.60. The number of nitrogens with one attached hydrogen (secondary N) is 2. The molecule has 0 unspecified atom stereocenters. The van der Waals surface area contributed by atoms with Crippen LogP contribution < -0.4 is 10.6 Å². The van der Waals surface area contributed by atoms with E-state index in [0.29, 0.717) is 18.2 Å². The summed E-state index contributed by atoms with van der Waals surface area (Å²) < 4.78 is 4.71. The molecule has 1 amide bonds. The Kier molecular flexibility index (Phi) is 8.65. The highest BCUT2D eigenvalue weighted by Crippen LogP contribution is 1.93. The highest BCUT2D eigenvalue weighted by Gasteiger charge is 2.03. The van der Waals surface area contributed by atoms with Crippen LogP contribution in [0.5, 0.6) is 0 Å². The van der Waals surface area contributed by atoms with E-state index in [2.05, 4.69) is 23.3 Å². The minimum absolute atomic E-state index is 0.123. The minimum Gasteiger partial charge on any atom is -0.465 e. The van der Waals surface area contributed by atoms with Gasteiger partial charge in [-0.15, -0.1) is 12.6 Å². The summed E-state index contributed by atoms with van der Waals surface area (Å²) in [4.78, 5) is 22.1. The zero-order valence-corrected chi connectivity index (χ0v) is 10.5. The van der Waals surface area contributed by atoms with Crippen molar-refractivity contribution in [2.75, 3.05) is 19.7 Å². The van der Waals surface area contributed by atoms with Gasteiger partial charge in [-0.05, 0) is 13.8 Å². The Morgan fingerprint density at radius 1 is 1.44 bits per heavy atom. The smallest absolute Gasteiger partial charge is 0.319 e. The third-order valence-corrected chi connectivity index (χ3v) is 2.01. The van der Waals surface area contributed by atoms with Gasteiger partial charge in [0.1, 0.15) is 0 Å². The lowest BCUT2D eigenvalue weighted by atomic mass is 10.4. The van der Waals surface area contributed by atoms with Crippen molar-refractivity contribution in [2.45, 2.75) is 20.3 Å². The van der Waals surface area contributed by atoms with E-state index in [4.69, 9.17) is 4.74 Å². The van der Waals surface area contributed by atoms with Crippen molar-refractivity contribution in [3.8, 4) is 0 Å². The number of allylic oxidation sites excluding steroid dienone is 1. The maximum atomic E-state index is 11.2. The van der Waals surface area contributed by atoms with Crippen LogP contribution in [-0.2, 0) is 14.3 Å². The molecular formula is C10H18N2O3S. The molecule has 0 aliphatic rings. The Labute approximate surface area is 101 Å². The number of thiol groups is 1. The quantitative estimate of drug-likeness (QED) is 0.346. The van der Waals surface area contributed by atoms with Crippen molar-refractivity contribution in [1.29, 1.82) is 0 Å². The van der Waals surface area contributed by atoms with Gasteiger partial charge in [-0.2, -0.15) is 0 Å². The largest absolute Gasteiger partial charge is 0.465 e. The fourth-order valence-corrected chi connectivity index (χ4v) is 1.01. The van der Waals surface area contributed by atoms with Crippen LogP contribution in [0.2, 0.25) is 0 Å². The Hall–Kier alpha value is -1.01. The predicted octanol–water partition coefficient (Wildman–Crippen LogP) is 0.436. The molecule has 0 aromatic carbocycles. The third-order valence-electron chi connectivity index (χ3n) is 1.64. The molecule has 0 saturated heterocycles. The molecule has 0 radical (unpaired) electrons. The Morgan fingerprint density at radius 2 is 2.12 bits per heavy atom. The molecule has 0 aromatic heterocycles. The van der Waals surface area contributed by atoms with Crippen molar-refractivity contribution in [3.63, 3.8) is 0 Å². The van der Waals surface area contributed by atoms with Crippen LogP contribution in [0, 0.1) is 0 Å². The maximum Gasteiger partial charge on any atom is 0.319 e. The first-order valence-electron chi connectivity index (χ1n) is 5.11. The molecule has 5 nitrogen and oxygen atoms in total. The lowest BCUT2D eigenvalue weighted by molar-refractivity contribution is -0.142. The van der Waals surface area contributed by atoms with Gasteiger partial charge in [-0.25, -0.2) is 0 Å². The Bertz CT molecular complexity index is 267. The standard InChI is InChI=1S/C10H18N2O3S/c1-3-9(16)12-8(13)5-6-11-7-10(14)15-4-2/h3,11,16H,4-7H2,1-2H3,(H,12,13)/b9-3+. The predicted molar refractivity (Wildman–Crippen MR) is 65.0 cm³/mol. The van der Waals surface area contributed by atoms with E-state index in [1.54, 1.807) is 19.9 Å². The molecule has 0 atom stereocenters. The fraction of sp³-hybridized carbons (Fsp3) is 0.600. The highest BCUT2D eigenvalue weighted by atomic mass is 32.1. The van der Waals surface area contributed by atoms with Gasteiger partial charge in [0.15, 0.2) is 0 Å². The maximum absolute atomic E-state index is 11.2. The summed E-state index contributed by atoms with van der Waals surface area (Å²) in [5.74, 6) is -0.453. The van der Waals surface area contributed by atoms with Crippen LogP contribution in [-0.4, -0.2) is 31.6 Å². The van der Waals surface area contributed by atoms with Gasteiger partial charge in [0.2, 0.25) is 5.91 Å². The molecular weight excluding hydrogens is 228 g/mol. The summed E-state index contributed by atoms with van der Waals surface area (Å²) in [6.45, 7) is 4.44. The Balaban J connectivity index is 3.52. The average Bonchev–Trinajstić information content (AvgIpc) is 2.24. The number of hydrogen-bond donors (Lipinski definition) is 3. The summed E-state index contributed by atoms with van der Waals surface area (Å²) in [5, 5.41) is 5.91. The van der Waals surface area contributed by atoms with Gasteiger partial charge in [-0.1, -0.05) is 6.08 Å². The van der Waals surface area contributed by atoms with Crippen LogP contribution >= 0.6 is 12.6 Å². The molecule has 0 fully saturated rings. The van der Waals surface area contributed by atoms with Crippen LogP contribution in [0.15, 0.2) is 11.1 Å². The molecule has 0 spiro atoms. The van der Waals surface area contributed by atoms with E-state index < -0.39 is 0 Å². The first kappa shape index (κ1) is 15.0. The lowest BCUT2D eigenvalue weighted by Gasteiger charge is -2.05. The van der Waals surface area contributed by atoms with E-state index >= 15 is 0 Å². The SMILES string of the molecule is C/C=C(/S)NC(=O)CCNCC(=O)OCC. The summed E-state index contributed by atoms with van der Waals surface area (Å²) in [7, 11) is 0. The van der Waals surface area contributed by atoms with E-state index in [9.17, 15) is 9.59 Å². The van der Waals surface area contributed by atoms with Crippen molar-refractivity contribution >= 4 is 24.5 Å². The number of amides is 1. The second kappa shape index (κ2) is 9.23. The second-order valence-corrected chi connectivity index (χ2v) is 3.44. The van der Waals surface area contributed by atoms with E-state index in [0.717, 1.165) is 0 Å². The van der Waals surface area contributed by atoms with Crippen LogP contribution in [0.3, 0.4) is 0 Å². The summed E-state index contributed by atoms with van der Waals surface area (Å²) in [6, 6.07) is 0. The molecule has 0 aliphatic heterocycles. The number of rotatable bonds is 7. The lowest BCUT2D eigenvalue weighted by Crippen LogP contribution is -2.29. The number of carbonyl (C=O) groups is 2. The molecule has 6 heteroatoms. The van der Waals surface area contributed by atoms with Crippen LogP contribution in [0.1, 0.15) is 20.3 Å². The number of esters is 1. The van der Waals surface area contributed by atoms with Crippen LogP contribution in [0.4, 0.5) is 0 Å². The normalized spacial score (nSPS) is 11.1. The van der Waals surface area contributed by atoms with Gasteiger partial charge >= 0.3 is 5.97 Å². The number of ether oxygens (including phenoxy) is 1. The van der Waals surface area contributed by atoms with Crippen molar-refractivity contribution in [1.82, 2.24) is 10.6 Å². The first-order valence-corrected chi connectivity index (χ1v) is 5.56. The highest BCUT2D eigenvalue weighted by molar-refractivity contribution is 7.84. The van der Waals surface area contributed by atoms with Gasteiger partial charge in [0.05, 0.1) is 18.2 Å². The molecule has 0 saturated carbocycles. The molecule has 0 aliphatic carbocycles. The fourth-order valence-electron chi connectivity index (χ4n) is 0.882. The van der Waals surface area contributed by atoms with Crippen molar-refractivity contribution in [3.05, 3.63) is 11.1 Å². The van der Waals surface area contributed by atoms with Crippen molar-refractivity contribution in [2.24, 2.45) is 0 Å². The molecule has 0 aromatic rings. The van der Waals surface area contributed by atoms with Crippen molar-refractivity contribution < 1.29 is 14.3 Å². The monoisotopic (exact) mass is 246 g/mol. The van der Waals surface area contributed by atoms with E-state index in [1.165, 1.54) is 0 Å². The van der Waals surface area contributed by atoms with Gasteiger partial charge in [-0.3, -0.25) is 9.59 Å². The number of hydrogen-bond acceptors (Lipinski definition) is 5. The molecule has 0 rings (SSSR count). The zero-order valence-electron chi connectivity index (χ0n) is 9.58. The molecule has 0 heterocycles. The zero-order chi connectivity index (χ0) is 12.4. The number of carbonyl (C=O) groups excluding carboxylic acids is 2.